The molecule has 1 spiro atoms. The van der Waals surface area contributed by atoms with Crippen LogP contribution in [0.1, 0.15) is 101 Å². The summed E-state index contributed by atoms with van der Waals surface area (Å²) in [6, 6.07) is 11.2. The zero-order valence-electron chi connectivity index (χ0n) is 29.5. The van der Waals surface area contributed by atoms with Crippen molar-refractivity contribution >= 4 is 57.0 Å². The van der Waals surface area contributed by atoms with Crippen molar-refractivity contribution in [1.29, 1.82) is 5.26 Å². The molecule has 266 valence electrons. The summed E-state index contributed by atoms with van der Waals surface area (Å²) in [5, 5.41) is 11.7. The number of hydrogen-bond donors (Lipinski definition) is 0. The lowest BCUT2D eigenvalue weighted by atomic mass is 9.93. The second-order valence-electron chi connectivity index (χ2n) is 15.9. The number of ether oxygens (including phenoxy) is 1. The Kier molecular flexibility index (Phi) is 8.31. The van der Waals surface area contributed by atoms with Gasteiger partial charge in [-0.05, 0) is 103 Å². The molecule has 0 N–H and O–H groups in total. The molecule has 2 atom stereocenters. The molecule has 2 aliphatic heterocycles. The second kappa shape index (κ2) is 12.4. The average Bonchev–Trinajstić information content (AvgIpc) is 3.93. The Hall–Kier alpha value is -3.87. The van der Waals surface area contributed by atoms with Crippen LogP contribution in [-0.4, -0.2) is 55.6 Å². The molecule has 8 rings (SSSR count). The number of aromatic nitrogens is 2. The Morgan fingerprint density at radius 1 is 1.10 bits per heavy atom. The smallest absolute Gasteiger partial charge is 0.410 e. The SMILES string of the molecule is Cc1nc2c(F)c(-c3cccc(Cl)c3Cl)c(CCC#N)cc2c2c1cc(C1CCC3(CC3)N1C(=O)C1CC1)n2C1CCN(C(=O)OC(C)(C)C)C1. The quantitative estimate of drug-likeness (QED) is 0.197. The number of aryl methyl sites for hydroxylation is 2. The molecule has 2 aliphatic carbocycles. The fourth-order valence-corrected chi connectivity index (χ4v) is 8.99. The minimum Gasteiger partial charge on any atom is -0.444 e. The van der Waals surface area contributed by atoms with Crippen LogP contribution in [0.2, 0.25) is 10.0 Å². The summed E-state index contributed by atoms with van der Waals surface area (Å²) in [7, 11) is 0. The van der Waals surface area contributed by atoms with Crippen LogP contribution in [0.4, 0.5) is 9.18 Å². The molecular weight excluding hydrogens is 688 g/mol. The third-order valence-electron chi connectivity index (χ3n) is 11.3. The number of carbonyl (C=O) groups excluding carboxylic acids is 2. The molecule has 2 saturated heterocycles. The molecule has 11 heteroatoms. The highest BCUT2D eigenvalue weighted by atomic mass is 35.5. The highest BCUT2D eigenvalue weighted by molar-refractivity contribution is 6.43. The maximum atomic E-state index is 17.2. The molecular formula is C40H42Cl2FN5O3. The second-order valence-corrected chi connectivity index (χ2v) is 16.7. The van der Waals surface area contributed by atoms with Gasteiger partial charge in [0.1, 0.15) is 11.1 Å². The number of hydrogen-bond acceptors (Lipinski definition) is 5. The van der Waals surface area contributed by atoms with E-state index >= 15 is 4.39 Å². The molecule has 2 aromatic carbocycles. The van der Waals surface area contributed by atoms with Gasteiger partial charge >= 0.3 is 6.09 Å². The van der Waals surface area contributed by atoms with Crippen LogP contribution in [0.25, 0.3) is 32.9 Å². The number of nitriles is 1. The van der Waals surface area contributed by atoms with Gasteiger partial charge < -0.3 is 19.1 Å². The molecule has 51 heavy (non-hydrogen) atoms. The predicted octanol–water partition coefficient (Wildman–Crippen LogP) is 9.85. The van der Waals surface area contributed by atoms with E-state index in [4.69, 9.17) is 32.9 Å². The van der Waals surface area contributed by atoms with Gasteiger partial charge in [-0.1, -0.05) is 35.3 Å². The Bertz CT molecular complexity index is 2160. The van der Waals surface area contributed by atoms with Gasteiger partial charge in [-0.3, -0.25) is 4.79 Å². The van der Waals surface area contributed by atoms with E-state index in [1.807, 2.05) is 33.8 Å². The number of halogens is 3. The molecule has 8 nitrogen and oxygen atoms in total. The molecule has 2 saturated carbocycles. The summed E-state index contributed by atoms with van der Waals surface area (Å²) in [5.41, 5.74) is 3.38. The van der Waals surface area contributed by atoms with E-state index in [0.29, 0.717) is 58.7 Å². The molecule has 4 fully saturated rings. The first-order valence-electron chi connectivity index (χ1n) is 18.1. The number of likely N-dealkylation sites (tertiary alicyclic amines) is 2. The van der Waals surface area contributed by atoms with Crippen molar-refractivity contribution in [1.82, 2.24) is 19.4 Å². The van der Waals surface area contributed by atoms with Crippen LogP contribution in [0.5, 0.6) is 0 Å². The molecule has 2 amide bonds. The number of nitrogens with zero attached hydrogens (tertiary/aromatic N) is 5. The van der Waals surface area contributed by atoms with Gasteiger partial charge in [-0.2, -0.15) is 5.26 Å². The molecule has 4 heterocycles. The monoisotopic (exact) mass is 729 g/mol. The fourth-order valence-electron chi connectivity index (χ4n) is 8.59. The van der Waals surface area contributed by atoms with Crippen molar-refractivity contribution in [2.75, 3.05) is 13.1 Å². The molecule has 4 aliphatic rings. The first-order valence-corrected chi connectivity index (χ1v) is 18.9. The maximum absolute atomic E-state index is 17.2. The number of benzene rings is 2. The predicted molar refractivity (Wildman–Crippen MR) is 196 cm³/mol. The van der Waals surface area contributed by atoms with E-state index < -0.39 is 11.4 Å². The molecule has 2 unspecified atom stereocenters. The van der Waals surface area contributed by atoms with Crippen LogP contribution in [0.15, 0.2) is 30.3 Å². The van der Waals surface area contributed by atoms with Gasteiger partial charge in [0.15, 0.2) is 5.82 Å². The first kappa shape index (κ1) is 34.2. The summed E-state index contributed by atoms with van der Waals surface area (Å²) in [6.45, 7) is 8.42. The van der Waals surface area contributed by atoms with E-state index in [1.54, 1.807) is 23.1 Å². The summed E-state index contributed by atoms with van der Waals surface area (Å²) in [4.78, 5) is 36.2. The minimum atomic E-state index is -0.632. The Balaban J connectivity index is 1.36. The first-order chi connectivity index (χ1) is 24.3. The van der Waals surface area contributed by atoms with E-state index in [0.717, 1.165) is 55.1 Å². The minimum absolute atomic E-state index is 0.0824. The van der Waals surface area contributed by atoms with Crippen molar-refractivity contribution in [3.05, 3.63) is 63.1 Å². The van der Waals surface area contributed by atoms with E-state index in [9.17, 15) is 14.9 Å². The summed E-state index contributed by atoms with van der Waals surface area (Å²) < 4.78 is 25.3. The number of rotatable bonds is 6. The largest absolute Gasteiger partial charge is 0.444 e. The lowest BCUT2D eigenvalue weighted by molar-refractivity contribution is -0.136. The zero-order chi connectivity index (χ0) is 36.0. The molecule has 2 aromatic heterocycles. The summed E-state index contributed by atoms with van der Waals surface area (Å²) >= 11 is 13.1. The average molecular weight is 731 g/mol. The van der Waals surface area contributed by atoms with Crippen LogP contribution in [0, 0.1) is 30.0 Å². The Labute approximate surface area is 307 Å². The normalized spacial score (nSPS) is 21.2. The Morgan fingerprint density at radius 3 is 2.55 bits per heavy atom. The van der Waals surface area contributed by atoms with Gasteiger partial charge in [0, 0.05) is 64.3 Å². The van der Waals surface area contributed by atoms with Crippen molar-refractivity contribution < 1.29 is 18.7 Å². The number of amides is 2. The third-order valence-corrected chi connectivity index (χ3v) is 12.1. The van der Waals surface area contributed by atoms with Crippen LogP contribution >= 0.6 is 23.2 Å². The van der Waals surface area contributed by atoms with Crippen molar-refractivity contribution in [3.63, 3.8) is 0 Å². The fraction of sp³-hybridized carbons (Fsp3) is 0.500. The van der Waals surface area contributed by atoms with Crippen molar-refractivity contribution in [3.8, 4) is 17.2 Å². The third kappa shape index (κ3) is 5.83. The highest BCUT2D eigenvalue weighted by Gasteiger charge is 2.59. The maximum Gasteiger partial charge on any atom is 0.410 e. The van der Waals surface area contributed by atoms with Crippen molar-refractivity contribution in [2.24, 2.45) is 5.92 Å². The van der Waals surface area contributed by atoms with Crippen LogP contribution in [-0.2, 0) is 16.0 Å². The Morgan fingerprint density at radius 2 is 1.86 bits per heavy atom. The van der Waals surface area contributed by atoms with Gasteiger partial charge in [0.2, 0.25) is 5.91 Å². The summed E-state index contributed by atoms with van der Waals surface area (Å²) in [6.07, 6.45) is 6.51. The number of fused-ring (bicyclic) bond motifs is 3. The van der Waals surface area contributed by atoms with Gasteiger partial charge in [0.05, 0.1) is 33.7 Å². The number of carbonyl (C=O) groups is 2. The topological polar surface area (TPSA) is 91.5 Å². The summed E-state index contributed by atoms with van der Waals surface area (Å²) in [5.74, 6) is -0.178. The molecule has 0 radical (unpaired) electrons. The van der Waals surface area contributed by atoms with Crippen LogP contribution < -0.4 is 0 Å². The van der Waals surface area contributed by atoms with Gasteiger partial charge in [0.25, 0.3) is 0 Å². The molecule has 0 bridgehead atoms. The highest BCUT2D eigenvalue weighted by Crippen LogP contribution is 2.58. The number of pyridine rings is 1. The van der Waals surface area contributed by atoms with E-state index in [-0.39, 0.29) is 52.5 Å². The molecule has 4 aromatic rings. The van der Waals surface area contributed by atoms with Gasteiger partial charge in [-0.25, -0.2) is 14.2 Å². The van der Waals surface area contributed by atoms with E-state index in [1.165, 1.54) is 0 Å². The lowest BCUT2D eigenvalue weighted by Crippen LogP contribution is -2.40. The standard InChI is InChI=1S/C40H42Cl2FN5O3/c1-22-27-20-31(30-12-14-40(15-16-40)48(30)37(49)23-10-11-23)47(25-13-18-46(21-25)38(50)51-39(2,3)4)36(27)28-19-24(7-6-17-44)32(34(43)35(28)45-22)26-8-5-9-29(41)33(26)42/h5,8-9,19-20,23,25,30H,6-7,10-16,18,21H2,1-4H3. The van der Waals surface area contributed by atoms with Crippen molar-refractivity contribution in [2.45, 2.75) is 109 Å². The lowest BCUT2D eigenvalue weighted by Gasteiger charge is -2.33. The van der Waals surface area contributed by atoms with Crippen LogP contribution in [0.3, 0.4) is 0 Å². The van der Waals surface area contributed by atoms with E-state index in [2.05, 4.69) is 21.6 Å². The van der Waals surface area contributed by atoms with Gasteiger partial charge in [-0.15, -0.1) is 0 Å². The zero-order valence-corrected chi connectivity index (χ0v) is 31.0.